The number of rotatable bonds is 6. The summed E-state index contributed by atoms with van der Waals surface area (Å²) < 4.78 is 18.5. The Balaban J connectivity index is 2.04. The van der Waals surface area contributed by atoms with Crippen molar-refractivity contribution in [2.45, 2.75) is 13.3 Å². The van der Waals surface area contributed by atoms with E-state index < -0.39 is 5.82 Å². The van der Waals surface area contributed by atoms with Gasteiger partial charge in [0, 0.05) is 25.6 Å². The molecule has 0 radical (unpaired) electrons. The van der Waals surface area contributed by atoms with Gasteiger partial charge in [-0.3, -0.25) is 9.59 Å². The lowest BCUT2D eigenvalue weighted by atomic mass is 10.2. The van der Waals surface area contributed by atoms with Gasteiger partial charge < -0.3 is 15.0 Å². The molecule has 0 saturated heterocycles. The molecule has 2 aromatic rings. The topological polar surface area (TPSA) is 58.6 Å². The molecule has 0 heterocycles. The monoisotopic (exact) mass is 364 g/mol. The van der Waals surface area contributed by atoms with E-state index in [4.69, 9.17) is 16.3 Å². The van der Waals surface area contributed by atoms with E-state index in [1.165, 1.54) is 37.1 Å². The molecule has 132 valence electrons. The second kappa shape index (κ2) is 8.48. The zero-order chi connectivity index (χ0) is 18.4. The van der Waals surface area contributed by atoms with Crippen LogP contribution in [0.1, 0.15) is 13.3 Å². The van der Waals surface area contributed by atoms with Crippen molar-refractivity contribution >= 4 is 34.8 Å². The first-order valence-corrected chi connectivity index (χ1v) is 7.96. The highest BCUT2D eigenvalue weighted by atomic mass is 35.5. The molecule has 5 nitrogen and oxygen atoms in total. The Hall–Kier alpha value is -2.60. The quantitative estimate of drug-likeness (QED) is 0.846. The highest BCUT2D eigenvalue weighted by Gasteiger charge is 2.15. The van der Waals surface area contributed by atoms with Crippen LogP contribution in [0.15, 0.2) is 42.5 Å². The summed E-state index contributed by atoms with van der Waals surface area (Å²) in [5.74, 6) is -0.566. The highest BCUT2D eigenvalue weighted by molar-refractivity contribution is 6.31. The Morgan fingerprint density at radius 3 is 2.60 bits per heavy atom. The van der Waals surface area contributed by atoms with E-state index in [1.807, 2.05) is 0 Å². The second-order valence-electron chi connectivity index (χ2n) is 5.27. The fourth-order valence-corrected chi connectivity index (χ4v) is 2.47. The molecule has 0 aromatic heterocycles. The average molecular weight is 365 g/mol. The molecule has 25 heavy (non-hydrogen) atoms. The molecule has 0 spiro atoms. The molecule has 0 saturated carbocycles. The zero-order valence-corrected chi connectivity index (χ0v) is 14.6. The lowest BCUT2D eigenvalue weighted by molar-refractivity contribution is -0.117. The van der Waals surface area contributed by atoms with E-state index in [9.17, 15) is 14.0 Å². The molecule has 2 amide bonds. The summed E-state index contributed by atoms with van der Waals surface area (Å²) >= 11 is 5.76. The number of benzene rings is 2. The number of para-hydroxylation sites is 2. The van der Waals surface area contributed by atoms with E-state index in [0.717, 1.165) is 0 Å². The van der Waals surface area contributed by atoms with Gasteiger partial charge in [0.1, 0.15) is 11.6 Å². The summed E-state index contributed by atoms with van der Waals surface area (Å²) in [6.07, 6.45) is 0.0621. The molecule has 0 fully saturated rings. The summed E-state index contributed by atoms with van der Waals surface area (Å²) in [6, 6.07) is 11.0. The molecule has 0 aliphatic carbocycles. The molecular formula is C18H18ClFN2O3. The standard InChI is InChI=1S/C18H18ClFN2O3/c1-12(23)22(13-7-8-15(20)14(19)11-13)10-9-18(24)21-16-5-3-4-6-17(16)25-2/h3-8,11H,9-10H2,1-2H3,(H,21,24). The van der Waals surface area contributed by atoms with E-state index >= 15 is 0 Å². The first-order chi connectivity index (χ1) is 11.9. The van der Waals surface area contributed by atoms with Crippen molar-refractivity contribution < 1.29 is 18.7 Å². The van der Waals surface area contributed by atoms with E-state index in [1.54, 1.807) is 24.3 Å². The van der Waals surface area contributed by atoms with Gasteiger partial charge in [0.05, 0.1) is 17.8 Å². The van der Waals surface area contributed by atoms with Gasteiger partial charge in [-0.25, -0.2) is 4.39 Å². The van der Waals surface area contributed by atoms with Crippen molar-refractivity contribution in [3.63, 3.8) is 0 Å². The number of carbonyl (C=O) groups is 2. The van der Waals surface area contributed by atoms with Gasteiger partial charge in [0.15, 0.2) is 0 Å². The highest BCUT2D eigenvalue weighted by Crippen LogP contribution is 2.24. The Kier molecular flexibility index (Phi) is 6.36. The molecule has 2 aromatic carbocycles. The molecule has 0 bridgehead atoms. The minimum atomic E-state index is -0.567. The zero-order valence-electron chi connectivity index (χ0n) is 13.9. The maximum Gasteiger partial charge on any atom is 0.226 e. The number of nitrogens with one attached hydrogen (secondary N) is 1. The van der Waals surface area contributed by atoms with E-state index in [-0.39, 0.29) is 29.8 Å². The minimum absolute atomic E-state index is 0.0621. The number of halogens is 2. The predicted octanol–water partition coefficient (Wildman–Crippen LogP) is 3.87. The van der Waals surface area contributed by atoms with Crippen LogP contribution in [0.4, 0.5) is 15.8 Å². The number of hydrogen-bond acceptors (Lipinski definition) is 3. The number of nitrogens with zero attached hydrogens (tertiary/aromatic N) is 1. The molecular weight excluding hydrogens is 347 g/mol. The SMILES string of the molecule is COc1ccccc1NC(=O)CCN(C(C)=O)c1ccc(F)c(Cl)c1. The van der Waals surface area contributed by atoms with Gasteiger partial charge in [0.2, 0.25) is 11.8 Å². The summed E-state index contributed by atoms with van der Waals surface area (Å²) in [5.41, 5.74) is 0.984. The van der Waals surface area contributed by atoms with Crippen molar-refractivity contribution in [3.05, 3.63) is 53.3 Å². The molecule has 0 aliphatic heterocycles. The Labute approximate surface area is 150 Å². The van der Waals surface area contributed by atoms with Crippen molar-refractivity contribution in [2.75, 3.05) is 23.9 Å². The van der Waals surface area contributed by atoms with Crippen LogP contribution in [-0.2, 0) is 9.59 Å². The normalized spacial score (nSPS) is 10.2. The van der Waals surface area contributed by atoms with Crippen LogP contribution in [0, 0.1) is 5.82 Å². The average Bonchev–Trinajstić information content (AvgIpc) is 2.58. The summed E-state index contributed by atoms with van der Waals surface area (Å²) in [5, 5.41) is 2.66. The van der Waals surface area contributed by atoms with E-state index in [0.29, 0.717) is 17.1 Å². The number of hydrogen-bond donors (Lipinski definition) is 1. The first kappa shape index (κ1) is 18.7. The Morgan fingerprint density at radius 1 is 1.24 bits per heavy atom. The van der Waals surface area contributed by atoms with Crippen molar-refractivity contribution in [2.24, 2.45) is 0 Å². The lowest BCUT2D eigenvalue weighted by Crippen LogP contribution is -2.32. The summed E-state index contributed by atoms with van der Waals surface area (Å²) in [7, 11) is 1.51. The molecule has 0 atom stereocenters. The second-order valence-corrected chi connectivity index (χ2v) is 5.67. The number of anilines is 2. The molecule has 0 aliphatic rings. The third kappa shape index (κ3) is 4.93. The Bertz CT molecular complexity index is 783. The molecule has 7 heteroatoms. The number of methoxy groups -OCH3 is 1. The first-order valence-electron chi connectivity index (χ1n) is 7.58. The molecule has 0 unspecified atom stereocenters. The minimum Gasteiger partial charge on any atom is -0.495 e. The van der Waals surface area contributed by atoms with Crippen molar-refractivity contribution in [3.8, 4) is 5.75 Å². The third-order valence-electron chi connectivity index (χ3n) is 3.54. The largest absolute Gasteiger partial charge is 0.495 e. The fourth-order valence-electron chi connectivity index (χ4n) is 2.30. The maximum atomic E-state index is 13.3. The number of ether oxygens (including phenoxy) is 1. The van der Waals surface area contributed by atoms with Gasteiger partial charge in [-0.2, -0.15) is 0 Å². The van der Waals surface area contributed by atoms with Gasteiger partial charge in [0.25, 0.3) is 0 Å². The number of carbonyl (C=O) groups excluding carboxylic acids is 2. The van der Waals surface area contributed by atoms with Crippen LogP contribution in [-0.4, -0.2) is 25.5 Å². The van der Waals surface area contributed by atoms with Crippen LogP contribution < -0.4 is 15.0 Å². The van der Waals surface area contributed by atoms with Gasteiger partial charge in [-0.05, 0) is 30.3 Å². The van der Waals surface area contributed by atoms with Gasteiger partial charge in [-0.15, -0.1) is 0 Å². The van der Waals surface area contributed by atoms with Crippen LogP contribution in [0.2, 0.25) is 5.02 Å². The van der Waals surface area contributed by atoms with Crippen LogP contribution in [0.25, 0.3) is 0 Å². The Morgan fingerprint density at radius 2 is 1.96 bits per heavy atom. The van der Waals surface area contributed by atoms with Gasteiger partial charge in [-0.1, -0.05) is 23.7 Å². The van der Waals surface area contributed by atoms with Gasteiger partial charge >= 0.3 is 0 Å². The van der Waals surface area contributed by atoms with Crippen LogP contribution in [0.5, 0.6) is 5.75 Å². The predicted molar refractivity (Wildman–Crippen MR) is 95.7 cm³/mol. The number of amides is 2. The summed E-state index contributed by atoms with van der Waals surface area (Å²) in [4.78, 5) is 25.4. The van der Waals surface area contributed by atoms with Crippen LogP contribution >= 0.6 is 11.6 Å². The molecule has 1 N–H and O–H groups in total. The van der Waals surface area contributed by atoms with Crippen LogP contribution in [0.3, 0.4) is 0 Å². The lowest BCUT2D eigenvalue weighted by Gasteiger charge is -2.21. The molecule has 2 rings (SSSR count). The maximum absolute atomic E-state index is 13.3. The summed E-state index contributed by atoms with van der Waals surface area (Å²) in [6.45, 7) is 1.51. The van der Waals surface area contributed by atoms with Crippen molar-refractivity contribution in [1.29, 1.82) is 0 Å². The fraction of sp³-hybridized carbons (Fsp3) is 0.222. The third-order valence-corrected chi connectivity index (χ3v) is 3.83. The van der Waals surface area contributed by atoms with Crippen molar-refractivity contribution in [1.82, 2.24) is 0 Å². The van der Waals surface area contributed by atoms with E-state index in [2.05, 4.69) is 5.32 Å². The smallest absolute Gasteiger partial charge is 0.226 e.